The SMILES string of the molecule is CCC(C)P(O)(O)(O)CC. The summed E-state index contributed by atoms with van der Waals surface area (Å²) in [7, 11) is -4.24. The Morgan fingerprint density at radius 2 is 1.60 bits per heavy atom. The molecule has 0 heterocycles. The topological polar surface area (TPSA) is 60.7 Å². The molecule has 1 unspecified atom stereocenters. The van der Waals surface area contributed by atoms with E-state index in [1.54, 1.807) is 13.8 Å². The summed E-state index contributed by atoms with van der Waals surface area (Å²) < 4.78 is 0. The molecule has 3 N–H and O–H groups in total. The van der Waals surface area contributed by atoms with Crippen molar-refractivity contribution < 1.29 is 14.7 Å². The van der Waals surface area contributed by atoms with Crippen molar-refractivity contribution in [3.63, 3.8) is 0 Å². The van der Waals surface area contributed by atoms with Crippen molar-refractivity contribution >= 4 is 7.28 Å². The van der Waals surface area contributed by atoms with Crippen molar-refractivity contribution in [1.29, 1.82) is 0 Å². The van der Waals surface area contributed by atoms with Crippen LogP contribution < -0.4 is 0 Å². The molecule has 10 heavy (non-hydrogen) atoms. The van der Waals surface area contributed by atoms with Gasteiger partial charge >= 0.3 is 61.0 Å². The molecule has 0 fully saturated rings. The standard InChI is InChI=1S/C6H17O3P/c1-4-6(3)10(7,8,9)5-2/h6-9H,4-5H2,1-3H3. The first-order valence-corrected chi connectivity index (χ1v) is 5.92. The summed E-state index contributed by atoms with van der Waals surface area (Å²) in [5.74, 6) is 0. The van der Waals surface area contributed by atoms with Gasteiger partial charge in [-0.15, -0.1) is 0 Å². The molecule has 0 aliphatic rings. The molecule has 64 valence electrons. The van der Waals surface area contributed by atoms with Crippen LogP contribution in [-0.2, 0) is 0 Å². The fourth-order valence-corrected chi connectivity index (χ4v) is 2.06. The van der Waals surface area contributed by atoms with E-state index in [0.29, 0.717) is 6.42 Å². The third-order valence-electron chi connectivity index (χ3n) is 2.10. The Hall–Kier alpha value is 0.310. The molecule has 4 heteroatoms. The second kappa shape index (κ2) is 2.74. The predicted octanol–water partition coefficient (Wildman–Crippen LogP) is 1.08. The van der Waals surface area contributed by atoms with Crippen LogP contribution in [0.2, 0.25) is 0 Å². The van der Waals surface area contributed by atoms with Crippen LogP contribution in [0.15, 0.2) is 0 Å². The Morgan fingerprint density at radius 1 is 1.20 bits per heavy atom. The summed E-state index contributed by atoms with van der Waals surface area (Å²) in [6.45, 7) is 5.07. The van der Waals surface area contributed by atoms with Crippen LogP contribution in [-0.4, -0.2) is 26.5 Å². The fourth-order valence-electron chi connectivity index (χ4n) is 0.686. The molecule has 1 atom stereocenters. The van der Waals surface area contributed by atoms with E-state index in [9.17, 15) is 14.7 Å². The summed E-state index contributed by atoms with van der Waals surface area (Å²) in [5, 5.41) is 0. The van der Waals surface area contributed by atoms with Crippen LogP contribution in [0.1, 0.15) is 27.2 Å². The van der Waals surface area contributed by atoms with Crippen LogP contribution in [0, 0.1) is 0 Å². The van der Waals surface area contributed by atoms with Gasteiger partial charge in [-0.2, -0.15) is 0 Å². The van der Waals surface area contributed by atoms with Gasteiger partial charge in [0, 0.05) is 0 Å². The van der Waals surface area contributed by atoms with Gasteiger partial charge < -0.3 is 0 Å². The maximum atomic E-state index is 9.30. The normalized spacial score (nSPS) is 19.6. The van der Waals surface area contributed by atoms with Gasteiger partial charge in [0.15, 0.2) is 0 Å². The summed E-state index contributed by atoms with van der Waals surface area (Å²) in [6, 6.07) is 0. The van der Waals surface area contributed by atoms with E-state index in [0.717, 1.165) is 0 Å². The molecule has 0 aromatic rings. The first-order valence-electron chi connectivity index (χ1n) is 3.57. The minimum absolute atomic E-state index is 0.0562. The number of hydrogen-bond donors (Lipinski definition) is 3. The zero-order valence-corrected chi connectivity index (χ0v) is 7.67. The number of rotatable bonds is 3. The van der Waals surface area contributed by atoms with Crippen molar-refractivity contribution in [3.8, 4) is 0 Å². The molecule has 0 rings (SSSR count). The summed E-state index contributed by atoms with van der Waals surface area (Å²) in [6.07, 6.45) is 0.649. The Morgan fingerprint density at radius 3 is 1.70 bits per heavy atom. The summed E-state index contributed by atoms with van der Waals surface area (Å²) in [4.78, 5) is 27.9. The first kappa shape index (κ1) is 10.3. The first-order chi connectivity index (χ1) is 4.32. The van der Waals surface area contributed by atoms with E-state index in [-0.39, 0.29) is 6.16 Å². The van der Waals surface area contributed by atoms with Crippen LogP contribution in [0.25, 0.3) is 0 Å². The minimum atomic E-state index is -4.24. The molecule has 0 bridgehead atoms. The van der Waals surface area contributed by atoms with Crippen LogP contribution in [0.4, 0.5) is 0 Å². The second-order valence-electron chi connectivity index (χ2n) is 2.80. The van der Waals surface area contributed by atoms with Gasteiger partial charge in [0.1, 0.15) is 0 Å². The maximum absolute atomic E-state index is 9.30. The molecule has 0 amide bonds. The van der Waals surface area contributed by atoms with Gasteiger partial charge in [0.2, 0.25) is 0 Å². The molecule has 0 aliphatic carbocycles. The molecule has 0 radical (unpaired) electrons. The van der Waals surface area contributed by atoms with Gasteiger partial charge in [-0.05, 0) is 0 Å². The van der Waals surface area contributed by atoms with E-state index < -0.39 is 12.9 Å². The second-order valence-corrected chi connectivity index (χ2v) is 6.75. The van der Waals surface area contributed by atoms with Gasteiger partial charge in [-0.25, -0.2) is 0 Å². The average Bonchev–Trinajstić information content (AvgIpc) is 1.86. The molecular weight excluding hydrogens is 151 g/mol. The molecule has 0 aliphatic heterocycles. The Bertz CT molecular complexity index is 116. The molecular formula is C6H17O3P. The van der Waals surface area contributed by atoms with Crippen LogP contribution in [0.5, 0.6) is 0 Å². The van der Waals surface area contributed by atoms with Crippen molar-refractivity contribution in [2.75, 3.05) is 6.16 Å². The fraction of sp³-hybridized carbons (Fsp3) is 1.00. The van der Waals surface area contributed by atoms with Gasteiger partial charge in [0.05, 0.1) is 0 Å². The van der Waals surface area contributed by atoms with Crippen LogP contribution >= 0.6 is 7.28 Å². The van der Waals surface area contributed by atoms with Crippen molar-refractivity contribution in [3.05, 3.63) is 0 Å². The molecule has 0 saturated carbocycles. The summed E-state index contributed by atoms with van der Waals surface area (Å²) in [5.41, 5.74) is -0.393. The monoisotopic (exact) mass is 168 g/mol. The number of hydrogen-bond acceptors (Lipinski definition) is 3. The van der Waals surface area contributed by atoms with E-state index in [1.165, 1.54) is 0 Å². The van der Waals surface area contributed by atoms with Crippen LogP contribution in [0.3, 0.4) is 0 Å². The van der Waals surface area contributed by atoms with E-state index in [2.05, 4.69) is 0 Å². The van der Waals surface area contributed by atoms with E-state index in [1.807, 2.05) is 6.92 Å². The molecule has 0 spiro atoms. The van der Waals surface area contributed by atoms with Gasteiger partial charge in [-0.1, -0.05) is 0 Å². The molecule has 0 aromatic heterocycles. The van der Waals surface area contributed by atoms with Gasteiger partial charge in [-0.3, -0.25) is 0 Å². The predicted molar refractivity (Wildman–Crippen MR) is 43.9 cm³/mol. The molecule has 0 aromatic carbocycles. The summed E-state index contributed by atoms with van der Waals surface area (Å²) >= 11 is 0. The molecule has 3 nitrogen and oxygen atoms in total. The van der Waals surface area contributed by atoms with E-state index in [4.69, 9.17) is 0 Å². The zero-order valence-electron chi connectivity index (χ0n) is 6.78. The van der Waals surface area contributed by atoms with Crippen molar-refractivity contribution in [2.45, 2.75) is 32.9 Å². The average molecular weight is 168 g/mol. The quantitative estimate of drug-likeness (QED) is 0.552. The van der Waals surface area contributed by atoms with Gasteiger partial charge in [0.25, 0.3) is 0 Å². The van der Waals surface area contributed by atoms with Crippen molar-refractivity contribution in [2.24, 2.45) is 0 Å². The Kier molecular flexibility index (Phi) is 2.83. The zero-order chi connectivity index (χ0) is 8.44. The molecule has 0 saturated heterocycles. The third kappa shape index (κ3) is 2.17. The Labute approximate surface area is 61.9 Å². The third-order valence-corrected chi connectivity index (χ3v) is 5.49. The Balaban J connectivity index is 4.35. The van der Waals surface area contributed by atoms with E-state index >= 15 is 0 Å². The van der Waals surface area contributed by atoms with Crippen molar-refractivity contribution in [1.82, 2.24) is 0 Å².